The number of benzene rings is 2. The number of hydrogen-bond donors (Lipinski definition) is 3. The van der Waals surface area contributed by atoms with Crippen LogP contribution in [-0.4, -0.2) is 24.9 Å². The summed E-state index contributed by atoms with van der Waals surface area (Å²) in [6.45, 7) is 3.12. The van der Waals surface area contributed by atoms with Crippen molar-refractivity contribution < 1.29 is 9.59 Å². The zero-order valence-electron chi connectivity index (χ0n) is 16.0. The molecule has 0 heterocycles. The van der Waals surface area contributed by atoms with E-state index in [2.05, 4.69) is 22.9 Å². The summed E-state index contributed by atoms with van der Waals surface area (Å²) in [5, 5.41) is 8.89. The van der Waals surface area contributed by atoms with E-state index in [9.17, 15) is 9.59 Å². The molecule has 3 N–H and O–H groups in total. The van der Waals surface area contributed by atoms with Crippen molar-refractivity contribution in [2.24, 2.45) is 0 Å². The lowest BCUT2D eigenvalue weighted by atomic mass is 10.1. The van der Waals surface area contributed by atoms with Gasteiger partial charge in [-0.25, -0.2) is 0 Å². The molecule has 2 aromatic rings. The minimum absolute atomic E-state index is 0.0239. The molecule has 0 atom stereocenters. The second-order valence-corrected chi connectivity index (χ2v) is 6.52. The molecule has 2 aromatic carbocycles. The van der Waals surface area contributed by atoms with E-state index in [-0.39, 0.29) is 18.4 Å². The number of unbranched alkanes of at least 4 members (excludes halogenated alkanes) is 4. The van der Waals surface area contributed by atoms with Crippen molar-refractivity contribution in [3.63, 3.8) is 0 Å². The zero-order chi connectivity index (χ0) is 19.3. The predicted octanol–water partition coefficient (Wildman–Crippen LogP) is 4.44. The van der Waals surface area contributed by atoms with Crippen LogP contribution in [0.4, 0.5) is 11.4 Å². The topological polar surface area (TPSA) is 70.2 Å². The normalized spacial score (nSPS) is 10.3. The summed E-state index contributed by atoms with van der Waals surface area (Å²) in [7, 11) is 0. The van der Waals surface area contributed by atoms with Crippen LogP contribution < -0.4 is 16.0 Å². The van der Waals surface area contributed by atoms with Gasteiger partial charge in [0, 0.05) is 23.5 Å². The summed E-state index contributed by atoms with van der Waals surface area (Å²) in [4.78, 5) is 24.1. The lowest BCUT2D eigenvalue weighted by Gasteiger charge is -2.10. The maximum absolute atomic E-state index is 12.2. The Balaban J connectivity index is 1.73. The van der Waals surface area contributed by atoms with E-state index in [1.807, 2.05) is 42.5 Å². The third kappa shape index (κ3) is 7.94. The Labute approximate surface area is 161 Å². The summed E-state index contributed by atoms with van der Waals surface area (Å²) in [6.07, 6.45) is 5.89. The Kier molecular flexibility index (Phi) is 8.90. The van der Waals surface area contributed by atoms with Gasteiger partial charge in [-0.1, -0.05) is 56.9 Å². The molecule has 27 heavy (non-hydrogen) atoms. The molecule has 0 saturated heterocycles. The number of nitrogens with one attached hydrogen (secondary N) is 3. The molecule has 0 aliphatic rings. The highest BCUT2D eigenvalue weighted by molar-refractivity contribution is 6.04. The van der Waals surface area contributed by atoms with Gasteiger partial charge in [-0.05, 0) is 36.8 Å². The van der Waals surface area contributed by atoms with Crippen LogP contribution >= 0.6 is 0 Å². The molecule has 2 rings (SSSR count). The molecule has 0 aromatic heterocycles. The second-order valence-electron chi connectivity index (χ2n) is 6.52. The lowest BCUT2D eigenvalue weighted by Crippen LogP contribution is -2.30. The van der Waals surface area contributed by atoms with E-state index in [0.717, 1.165) is 25.1 Å². The minimum atomic E-state index is -0.159. The molecule has 0 aliphatic carbocycles. The fraction of sp³-hybridized carbons (Fsp3) is 0.364. The Morgan fingerprint density at radius 1 is 0.852 bits per heavy atom. The average molecular weight is 367 g/mol. The first-order chi connectivity index (χ1) is 13.2. The first-order valence-corrected chi connectivity index (χ1v) is 9.66. The predicted molar refractivity (Wildman–Crippen MR) is 111 cm³/mol. The van der Waals surface area contributed by atoms with Crippen LogP contribution in [-0.2, 0) is 4.79 Å². The second kappa shape index (κ2) is 11.7. The van der Waals surface area contributed by atoms with Crippen molar-refractivity contribution in [3.05, 3.63) is 60.2 Å². The Hall–Kier alpha value is -2.82. The number of amides is 2. The quantitative estimate of drug-likeness (QED) is 0.514. The van der Waals surface area contributed by atoms with Crippen LogP contribution in [0.25, 0.3) is 0 Å². The third-order valence-corrected chi connectivity index (χ3v) is 4.21. The van der Waals surface area contributed by atoms with Crippen molar-refractivity contribution in [2.45, 2.75) is 39.0 Å². The number of anilines is 2. The molecule has 0 spiro atoms. The van der Waals surface area contributed by atoms with Crippen molar-refractivity contribution in [3.8, 4) is 0 Å². The van der Waals surface area contributed by atoms with Crippen LogP contribution in [0.15, 0.2) is 54.6 Å². The van der Waals surface area contributed by atoms with Gasteiger partial charge in [0.15, 0.2) is 0 Å². The molecule has 0 fully saturated rings. The summed E-state index contributed by atoms with van der Waals surface area (Å²) < 4.78 is 0. The highest BCUT2D eigenvalue weighted by Crippen LogP contribution is 2.16. The Morgan fingerprint density at radius 2 is 1.59 bits per heavy atom. The number of rotatable bonds is 11. The van der Waals surface area contributed by atoms with E-state index in [0.29, 0.717) is 11.3 Å². The molecular weight excluding hydrogens is 338 g/mol. The highest BCUT2D eigenvalue weighted by atomic mass is 16.2. The van der Waals surface area contributed by atoms with Crippen LogP contribution in [0.2, 0.25) is 0 Å². The highest BCUT2D eigenvalue weighted by Gasteiger charge is 2.06. The van der Waals surface area contributed by atoms with E-state index in [4.69, 9.17) is 0 Å². The van der Waals surface area contributed by atoms with Crippen LogP contribution in [0.1, 0.15) is 49.4 Å². The fourth-order valence-electron chi connectivity index (χ4n) is 2.70. The summed E-state index contributed by atoms with van der Waals surface area (Å²) in [5.74, 6) is -0.183. The van der Waals surface area contributed by atoms with Crippen molar-refractivity contribution in [2.75, 3.05) is 23.7 Å². The average Bonchev–Trinajstić information content (AvgIpc) is 2.70. The van der Waals surface area contributed by atoms with Gasteiger partial charge in [-0.2, -0.15) is 0 Å². The van der Waals surface area contributed by atoms with Gasteiger partial charge in [0.1, 0.15) is 0 Å². The maximum atomic E-state index is 12.2. The van der Waals surface area contributed by atoms with Gasteiger partial charge < -0.3 is 16.0 Å². The molecule has 0 aliphatic heterocycles. The molecule has 0 radical (unpaired) electrons. The van der Waals surface area contributed by atoms with Crippen molar-refractivity contribution >= 4 is 23.2 Å². The van der Waals surface area contributed by atoms with Crippen LogP contribution in [0, 0.1) is 0 Å². The lowest BCUT2D eigenvalue weighted by molar-refractivity contribution is -0.119. The largest absolute Gasteiger partial charge is 0.376 e. The van der Waals surface area contributed by atoms with Gasteiger partial charge in [0.25, 0.3) is 5.91 Å². The maximum Gasteiger partial charge on any atom is 0.255 e. The van der Waals surface area contributed by atoms with E-state index >= 15 is 0 Å². The molecule has 0 unspecified atom stereocenters. The Bertz CT molecular complexity index is 717. The standard InChI is InChI=1S/C22H29N3O2/c1-2-3-4-5-9-15-23-21(26)17-24-19-13-10-14-20(16-19)25-22(27)18-11-7-6-8-12-18/h6-8,10-14,16,24H,2-5,9,15,17H2,1H3,(H,23,26)(H,25,27). The van der Waals surface area contributed by atoms with Crippen LogP contribution in [0.3, 0.4) is 0 Å². The number of hydrogen-bond acceptors (Lipinski definition) is 3. The Morgan fingerprint density at radius 3 is 2.37 bits per heavy atom. The summed E-state index contributed by atoms with van der Waals surface area (Å²) >= 11 is 0. The minimum Gasteiger partial charge on any atom is -0.376 e. The number of carbonyl (C=O) groups excluding carboxylic acids is 2. The molecular formula is C22H29N3O2. The third-order valence-electron chi connectivity index (χ3n) is 4.21. The molecule has 0 saturated carbocycles. The van der Waals surface area contributed by atoms with Crippen LogP contribution in [0.5, 0.6) is 0 Å². The fourth-order valence-corrected chi connectivity index (χ4v) is 2.70. The summed E-state index contributed by atoms with van der Waals surface area (Å²) in [5.41, 5.74) is 2.08. The first kappa shape index (κ1) is 20.5. The molecule has 0 bridgehead atoms. The zero-order valence-corrected chi connectivity index (χ0v) is 16.0. The van der Waals surface area contributed by atoms with Crippen molar-refractivity contribution in [1.29, 1.82) is 0 Å². The van der Waals surface area contributed by atoms with Crippen molar-refractivity contribution in [1.82, 2.24) is 5.32 Å². The van der Waals surface area contributed by atoms with Gasteiger partial charge in [0.05, 0.1) is 6.54 Å². The molecule has 144 valence electrons. The molecule has 2 amide bonds. The SMILES string of the molecule is CCCCCCCNC(=O)CNc1cccc(NC(=O)c2ccccc2)c1. The van der Waals surface area contributed by atoms with Gasteiger partial charge in [0.2, 0.25) is 5.91 Å². The first-order valence-electron chi connectivity index (χ1n) is 9.66. The smallest absolute Gasteiger partial charge is 0.255 e. The van der Waals surface area contributed by atoms with Gasteiger partial charge in [-0.3, -0.25) is 9.59 Å². The van der Waals surface area contributed by atoms with E-state index < -0.39 is 0 Å². The molecule has 5 heteroatoms. The monoisotopic (exact) mass is 367 g/mol. The van der Waals surface area contributed by atoms with E-state index in [1.54, 1.807) is 12.1 Å². The van der Waals surface area contributed by atoms with E-state index in [1.165, 1.54) is 19.3 Å². The summed E-state index contributed by atoms with van der Waals surface area (Å²) in [6, 6.07) is 16.4. The van der Waals surface area contributed by atoms with Gasteiger partial charge >= 0.3 is 0 Å². The van der Waals surface area contributed by atoms with Gasteiger partial charge in [-0.15, -0.1) is 0 Å². The number of carbonyl (C=O) groups is 2. The molecule has 5 nitrogen and oxygen atoms in total.